The number of nitrogens with zero attached hydrogens (tertiary/aromatic N) is 1. The topological polar surface area (TPSA) is 89.3 Å². The van der Waals surface area contributed by atoms with Gasteiger partial charge < -0.3 is 0 Å². The summed E-state index contributed by atoms with van der Waals surface area (Å²) in [6.07, 6.45) is 1.76. The van der Waals surface area contributed by atoms with Gasteiger partial charge in [0, 0.05) is 12.1 Å². The van der Waals surface area contributed by atoms with Crippen molar-refractivity contribution in [3.63, 3.8) is 0 Å². The molecule has 8 heteroatoms. The highest BCUT2D eigenvalue weighted by atomic mass is 32.2. The molecular weight excluding hydrogens is 323 g/mol. The highest BCUT2D eigenvalue weighted by Crippen LogP contribution is 2.24. The lowest BCUT2D eigenvalue weighted by Gasteiger charge is -2.09. The molecule has 0 heterocycles. The van der Waals surface area contributed by atoms with Gasteiger partial charge in [0.25, 0.3) is 15.7 Å². The van der Waals surface area contributed by atoms with Crippen molar-refractivity contribution < 1.29 is 17.7 Å². The van der Waals surface area contributed by atoms with Gasteiger partial charge in [-0.1, -0.05) is 25.5 Å². The summed E-state index contributed by atoms with van der Waals surface area (Å²) in [7, 11) is -4.02. The molecule has 0 aliphatic heterocycles. The standard InChI is InChI=1S/C15H15FN2O4S/c1-2-3-11-4-7-13(8-5-11)23(21,22)17-15-10-12(18(19)20)6-9-14(15)16/h4-10,17H,2-3H2,1H3. The fourth-order valence-electron chi connectivity index (χ4n) is 2.03. The van der Waals surface area contributed by atoms with Gasteiger partial charge in [0.15, 0.2) is 0 Å². The lowest BCUT2D eigenvalue weighted by atomic mass is 10.1. The third-order valence-corrected chi connectivity index (χ3v) is 4.56. The quantitative estimate of drug-likeness (QED) is 0.645. The molecule has 2 aromatic carbocycles. The molecular formula is C15H15FN2O4S. The first kappa shape index (κ1) is 16.9. The number of anilines is 1. The van der Waals surface area contributed by atoms with Crippen molar-refractivity contribution in [1.82, 2.24) is 0 Å². The van der Waals surface area contributed by atoms with Crippen LogP contribution in [0.2, 0.25) is 0 Å². The Balaban J connectivity index is 2.30. The number of sulfonamides is 1. The van der Waals surface area contributed by atoms with Gasteiger partial charge in [-0.05, 0) is 30.2 Å². The van der Waals surface area contributed by atoms with Crippen molar-refractivity contribution in [2.24, 2.45) is 0 Å². The smallest absolute Gasteiger partial charge is 0.271 e. The van der Waals surface area contributed by atoms with E-state index in [2.05, 4.69) is 0 Å². The monoisotopic (exact) mass is 338 g/mol. The molecule has 0 spiro atoms. The number of nitro benzene ring substituents is 1. The SMILES string of the molecule is CCCc1ccc(S(=O)(=O)Nc2cc([N+](=O)[O-])ccc2F)cc1. The predicted molar refractivity (Wildman–Crippen MR) is 84.3 cm³/mol. The number of nitrogens with one attached hydrogen (secondary N) is 1. The summed E-state index contributed by atoms with van der Waals surface area (Å²) in [4.78, 5) is 9.94. The summed E-state index contributed by atoms with van der Waals surface area (Å²) in [6, 6.07) is 8.86. The van der Waals surface area contributed by atoms with E-state index in [0.717, 1.165) is 36.6 Å². The second-order valence-corrected chi connectivity index (χ2v) is 6.60. The molecule has 0 unspecified atom stereocenters. The maximum absolute atomic E-state index is 13.7. The molecule has 0 radical (unpaired) electrons. The number of aryl methyl sites for hydroxylation is 1. The molecule has 0 fully saturated rings. The van der Waals surface area contributed by atoms with Crippen LogP contribution in [0.4, 0.5) is 15.8 Å². The van der Waals surface area contributed by atoms with Crippen LogP contribution in [0.15, 0.2) is 47.4 Å². The van der Waals surface area contributed by atoms with E-state index in [1.54, 1.807) is 12.1 Å². The lowest BCUT2D eigenvalue weighted by Crippen LogP contribution is -2.14. The third kappa shape index (κ3) is 4.04. The summed E-state index contributed by atoms with van der Waals surface area (Å²) in [5.74, 6) is -0.887. The average Bonchev–Trinajstić information content (AvgIpc) is 2.50. The molecule has 0 amide bonds. The number of hydrogen-bond donors (Lipinski definition) is 1. The van der Waals surface area contributed by atoms with Crippen molar-refractivity contribution in [3.8, 4) is 0 Å². The Bertz CT molecular complexity index is 820. The van der Waals surface area contributed by atoms with E-state index in [4.69, 9.17) is 0 Å². The molecule has 0 saturated carbocycles. The summed E-state index contributed by atoms with van der Waals surface area (Å²) < 4.78 is 40.2. The van der Waals surface area contributed by atoms with E-state index >= 15 is 0 Å². The number of non-ortho nitro benzene ring substituents is 1. The Kier molecular flexibility index (Phi) is 4.95. The summed E-state index contributed by atoms with van der Waals surface area (Å²) in [6.45, 7) is 2.01. The van der Waals surface area contributed by atoms with Crippen LogP contribution in [0.1, 0.15) is 18.9 Å². The zero-order valence-corrected chi connectivity index (χ0v) is 13.1. The van der Waals surface area contributed by atoms with Gasteiger partial charge >= 0.3 is 0 Å². The second-order valence-electron chi connectivity index (χ2n) is 4.92. The number of hydrogen-bond acceptors (Lipinski definition) is 4. The Labute approximate surface area is 133 Å². The minimum atomic E-state index is -4.02. The lowest BCUT2D eigenvalue weighted by molar-refractivity contribution is -0.384. The summed E-state index contributed by atoms with van der Waals surface area (Å²) >= 11 is 0. The molecule has 0 saturated heterocycles. The largest absolute Gasteiger partial charge is 0.276 e. The molecule has 2 aromatic rings. The van der Waals surface area contributed by atoms with E-state index in [1.165, 1.54) is 12.1 Å². The van der Waals surface area contributed by atoms with Crippen molar-refractivity contribution >= 4 is 21.4 Å². The Morgan fingerprint density at radius 2 is 1.83 bits per heavy atom. The minimum absolute atomic E-state index is 0.0386. The van der Waals surface area contributed by atoms with Crippen molar-refractivity contribution in [2.75, 3.05) is 4.72 Å². The Morgan fingerprint density at radius 1 is 1.17 bits per heavy atom. The van der Waals surface area contributed by atoms with E-state index in [0.29, 0.717) is 0 Å². The van der Waals surface area contributed by atoms with E-state index in [-0.39, 0.29) is 4.90 Å². The molecule has 0 aliphatic carbocycles. The maximum Gasteiger partial charge on any atom is 0.271 e. The minimum Gasteiger partial charge on any atom is -0.276 e. The van der Waals surface area contributed by atoms with Crippen LogP contribution in [0.5, 0.6) is 0 Å². The van der Waals surface area contributed by atoms with Crippen LogP contribution in [-0.2, 0) is 16.4 Å². The van der Waals surface area contributed by atoms with E-state index in [1.807, 2.05) is 11.6 Å². The fraction of sp³-hybridized carbons (Fsp3) is 0.200. The molecule has 0 aliphatic rings. The third-order valence-electron chi connectivity index (χ3n) is 3.18. The number of benzene rings is 2. The number of rotatable bonds is 6. The second kappa shape index (κ2) is 6.74. The van der Waals surface area contributed by atoms with Gasteiger partial charge in [-0.3, -0.25) is 14.8 Å². The predicted octanol–water partition coefficient (Wildman–Crippen LogP) is 3.49. The number of halogens is 1. The van der Waals surface area contributed by atoms with Crippen molar-refractivity contribution in [3.05, 3.63) is 64.0 Å². The van der Waals surface area contributed by atoms with Gasteiger partial charge in [-0.2, -0.15) is 0 Å². The van der Waals surface area contributed by atoms with Gasteiger partial charge in [-0.25, -0.2) is 12.8 Å². The van der Waals surface area contributed by atoms with Crippen LogP contribution in [0.25, 0.3) is 0 Å². The molecule has 0 aromatic heterocycles. The maximum atomic E-state index is 13.7. The van der Waals surface area contributed by atoms with Crippen molar-refractivity contribution in [2.45, 2.75) is 24.7 Å². The van der Waals surface area contributed by atoms with Crippen LogP contribution < -0.4 is 4.72 Å². The van der Waals surface area contributed by atoms with Crippen LogP contribution in [0.3, 0.4) is 0 Å². The molecule has 23 heavy (non-hydrogen) atoms. The summed E-state index contributed by atoms with van der Waals surface area (Å²) in [5.41, 5.74) is 0.132. The first-order chi connectivity index (χ1) is 10.8. The fourth-order valence-corrected chi connectivity index (χ4v) is 3.09. The highest BCUT2D eigenvalue weighted by molar-refractivity contribution is 7.92. The first-order valence-corrected chi connectivity index (χ1v) is 8.37. The zero-order valence-electron chi connectivity index (χ0n) is 12.3. The van der Waals surface area contributed by atoms with Crippen molar-refractivity contribution in [1.29, 1.82) is 0 Å². The first-order valence-electron chi connectivity index (χ1n) is 6.89. The van der Waals surface area contributed by atoms with Crippen LogP contribution >= 0.6 is 0 Å². The Morgan fingerprint density at radius 3 is 2.39 bits per heavy atom. The molecule has 0 bridgehead atoms. The van der Waals surface area contributed by atoms with Gasteiger partial charge in [-0.15, -0.1) is 0 Å². The zero-order chi connectivity index (χ0) is 17.0. The van der Waals surface area contributed by atoms with Crippen LogP contribution in [0, 0.1) is 15.9 Å². The van der Waals surface area contributed by atoms with Gasteiger partial charge in [0.1, 0.15) is 5.82 Å². The molecule has 0 atom stereocenters. The highest BCUT2D eigenvalue weighted by Gasteiger charge is 2.18. The normalized spacial score (nSPS) is 11.2. The van der Waals surface area contributed by atoms with E-state index in [9.17, 15) is 22.9 Å². The van der Waals surface area contributed by atoms with E-state index < -0.39 is 32.1 Å². The molecule has 6 nitrogen and oxygen atoms in total. The van der Waals surface area contributed by atoms with Gasteiger partial charge in [0.05, 0.1) is 15.5 Å². The molecule has 122 valence electrons. The number of nitro groups is 1. The average molecular weight is 338 g/mol. The molecule has 2 rings (SSSR count). The van der Waals surface area contributed by atoms with Crippen LogP contribution in [-0.4, -0.2) is 13.3 Å². The summed E-state index contributed by atoms with van der Waals surface area (Å²) in [5, 5.41) is 10.7. The Hall–Kier alpha value is -2.48. The molecule has 1 N–H and O–H groups in total. The van der Waals surface area contributed by atoms with Gasteiger partial charge in [0.2, 0.25) is 0 Å².